The zero-order chi connectivity index (χ0) is 14.2. The maximum absolute atomic E-state index is 3.71. The molecule has 1 aliphatic rings. The summed E-state index contributed by atoms with van der Waals surface area (Å²) in [5.74, 6) is 4.85. The van der Waals surface area contributed by atoms with Crippen LogP contribution in [0.2, 0.25) is 19.6 Å². The fourth-order valence-corrected chi connectivity index (χ4v) is 4.23. The van der Waals surface area contributed by atoms with E-state index in [1.165, 1.54) is 0 Å². The van der Waals surface area contributed by atoms with Crippen molar-refractivity contribution in [2.75, 3.05) is 5.75 Å². The number of hydrogen-bond donors (Lipinski definition) is 0. The van der Waals surface area contributed by atoms with Gasteiger partial charge < -0.3 is 0 Å². The fourth-order valence-electron chi connectivity index (χ4n) is 1.97. The van der Waals surface area contributed by atoms with E-state index < -0.39 is 8.07 Å². The van der Waals surface area contributed by atoms with E-state index in [1.54, 1.807) is 11.1 Å². The molecule has 1 rings (SSSR count). The van der Waals surface area contributed by atoms with Gasteiger partial charge in [-0.3, -0.25) is 0 Å². The van der Waals surface area contributed by atoms with Gasteiger partial charge in [0.15, 0.2) is 0 Å². The highest BCUT2D eigenvalue weighted by Gasteiger charge is 2.43. The molecule has 18 heavy (non-hydrogen) atoms. The molecule has 0 aliphatic carbocycles. The summed E-state index contributed by atoms with van der Waals surface area (Å²) in [6.07, 6.45) is 1.13. The van der Waals surface area contributed by atoms with Crippen LogP contribution in [0.4, 0.5) is 0 Å². The molecule has 0 aromatic heterocycles. The summed E-state index contributed by atoms with van der Waals surface area (Å²) in [5, 5.41) is 0. The van der Waals surface area contributed by atoms with Gasteiger partial charge >= 0.3 is 0 Å². The van der Waals surface area contributed by atoms with Gasteiger partial charge in [0, 0.05) is 5.75 Å². The number of thioether (sulfide) groups is 1. The lowest BCUT2D eigenvalue weighted by molar-refractivity contribution is 0.333. The SMILES string of the molecule is CC1=C(C)CC(C#C[Si](C)(C)C)(C(C)(C)C)SC1. The predicted molar refractivity (Wildman–Crippen MR) is 88.8 cm³/mol. The average molecular weight is 281 g/mol. The highest BCUT2D eigenvalue weighted by atomic mass is 32.2. The molecule has 0 nitrogen and oxygen atoms in total. The molecule has 0 saturated heterocycles. The van der Waals surface area contributed by atoms with Gasteiger partial charge in [0.05, 0.1) is 4.75 Å². The molecule has 0 aromatic rings. The Kier molecular flexibility index (Phi) is 4.51. The van der Waals surface area contributed by atoms with Crippen LogP contribution in [0.15, 0.2) is 11.1 Å². The molecular formula is C16H28SSi. The lowest BCUT2D eigenvalue weighted by Gasteiger charge is -2.44. The summed E-state index contributed by atoms with van der Waals surface area (Å²) in [4.78, 5) is 0. The van der Waals surface area contributed by atoms with Gasteiger partial charge in [0.25, 0.3) is 0 Å². The van der Waals surface area contributed by atoms with E-state index in [1.807, 2.05) is 0 Å². The quantitative estimate of drug-likeness (QED) is 0.337. The van der Waals surface area contributed by atoms with Gasteiger partial charge in [0.1, 0.15) is 8.07 Å². The minimum Gasteiger partial charge on any atom is -0.137 e. The van der Waals surface area contributed by atoms with Crippen LogP contribution >= 0.6 is 11.8 Å². The molecule has 0 spiro atoms. The molecule has 0 bridgehead atoms. The Labute approximate surface area is 119 Å². The summed E-state index contributed by atoms with van der Waals surface area (Å²) in [6, 6.07) is 0. The number of rotatable bonds is 0. The third-order valence-electron chi connectivity index (χ3n) is 3.63. The van der Waals surface area contributed by atoms with Crippen LogP contribution < -0.4 is 0 Å². The van der Waals surface area contributed by atoms with E-state index in [9.17, 15) is 0 Å². The molecule has 0 amide bonds. The van der Waals surface area contributed by atoms with Crippen molar-refractivity contribution in [2.45, 2.75) is 65.4 Å². The third-order valence-corrected chi connectivity index (χ3v) is 6.43. The van der Waals surface area contributed by atoms with Crippen LogP contribution in [0.25, 0.3) is 0 Å². The van der Waals surface area contributed by atoms with Crippen LogP contribution in [0.5, 0.6) is 0 Å². The van der Waals surface area contributed by atoms with E-state index in [0.717, 1.165) is 12.2 Å². The molecule has 0 saturated carbocycles. The summed E-state index contributed by atoms with van der Waals surface area (Å²) < 4.78 is 0.108. The second-order valence-corrected chi connectivity index (χ2v) is 13.6. The van der Waals surface area contributed by atoms with E-state index >= 15 is 0 Å². The first-order valence-corrected chi connectivity index (χ1v) is 11.3. The lowest BCUT2D eigenvalue weighted by atomic mass is 9.76. The first-order valence-electron chi connectivity index (χ1n) is 6.80. The van der Waals surface area contributed by atoms with Gasteiger partial charge in [-0.15, -0.1) is 17.3 Å². The predicted octanol–water partition coefficient (Wildman–Crippen LogP) is 5.13. The van der Waals surface area contributed by atoms with Crippen molar-refractivity contribution in [3.05, 3.63) is 11.1 Å². The molecule has 1 unspecified atom stereocenters. The lowest BCUT2D eigenvalue weighted by Crippen LogP contribution is -2.41. The van der Waals surface area contributed by atoms with Crippen LogP contribution in [0.3, 0.4) is 0 Å². The molecule has 2 heteroatoms. The van der Waals surface area contributed by atoms with Crippen LogP contribution in [0, 0.1) is 16.9 Å². The minimum absolute atomic E-state index is 0.108. The topological polar surface area (TPSA) is 0 Å². The van der Waals surface area contributed by atoms with Crippen LogP contribution in [-0.2, 0) is 0 Å². The first kappa shape index (κ1) is 15.9. The Bertz CT molecular complexity index is 409. The zero-order valence-electron chi connectivity index (χ0n) is 13.3. The Morgan fingerprint density at radius 3 is 2.06 bits per heavy atom. The van der Waals surface area contributed by atoms with Crippen molar-refractivity contribution >= 4 is 19.8 Å². The molecule has 0 radical (unpaired) electrons. The standard InChI is InChI=1S/C16H28SSi/c1-13-11-16(15(3,4)5,17-12-14(13)2)9-10-18(6,7)8/h11-12H2,1-8H3. The first-order chi connectivity index (χ1) is 7.97. The summed E-state index contributed by atoms with van der Waals surface area (Å²) in [6.45, 7) is 18.6. The van der Waals surface area contributed by atoms with Crippen LogP contribution in [0.1, 0.15) is 41.0 Å². The maximum atomic E-state index is 3.71. The molecule has 1 atom stereocenters. The largest absolute Gasteiger partial charge is 0.137 e. The summed E-state index contributed by atoms with van der Waals surface area (Å²) in [7, 11) is -1.30. The van der Waals surface area contributed by atoms with Gasteiger partial charge in [-0.05, 0) is 25.7 Å². The highest BCUT2D eigenvalue weighted by Crippen LogP contribution is 2.49. The minimum atomic E-state index is -1.30. The second-order valence-electron chi connectivity index (χ2n) is 7.60. The molecule has 102 valence electrons. The smallest absolute Gasteiger partial charge is 0.129 e. The highest BCUT2D eigenvalue weighted by molar-refractivity contribution is 8.01. The molecule has 0 N–H and O–H groups in total. The van der Waals surface area contributed by atoms with E-state index in [4.69, 9.17) is 0 Å². The van der Waals surface area contributed by atoms with Crippen molar-refractivity contribution in [3.63, 3.8) is 0 Å². The Balaban J connectivity index is 3.19. The normalized spacial score (nSPS) is 25.8. The Morgan fingerprint density at radius 2 is 1.67 bits per heavy atom. The average Bonchev–Trinajstić information content (AvgIpc) is 2.17. The van der Waals surface area contributed by atoms with E-state index in [2.05, 4.69) is 77.5 Å². The van der Waals surface area contributed by atoms with Crippen molar-refractivity contribution < 1.29 is 0 Å². The molecule has 0 aromatic carbocycles. The van der Waals surface area contributed by atoms with E-state index in [-0.39, 0.29) is 10.2 Å². The molecular weight excluding hydrogens is 252 g/mol. The van der Waals surface area contributed by atoms with Crippen molar-refractivity contribution in [3.8, 4) is 11.5 Å². The maximum Gasteiger partial charge on any atom is 0.129 e. The van der Waals surface area contributed by atoms with Crippen molar-refractivity contribution in [2.24, 2.45) is 5.41 Å². The Hall–Kier alpha value is -0.133. The van der Waals surface area contributed by atoms with Crippen molar-refractivity contribution in [1.29, 1.82) is 0 Å². The van der Waals surface area contributed by atoms with Gasteiger partial charge in [0.2, 0.25) is 0 Å². The summed E-state index contributed by atoms with van der Waals surface area (Å²) in [5.41, 5.74) is 6.95. The van der Waals surface area contributed by atoms with E-state index in [0.29, 0.717) is 0 Å². The Morgan fingerprint density at radius 1 is 1.11 bits per heavy atom. The second kappa shape index (κ2) is 5.10. The zero-order valence-corrected chi connectivity index (χ0v) is 15.1. The monoisotopic (exact) mass is 280 g/mol. The van der Waals surface area contributed by atoms with Gasteiger partial charge in [-0.25, -0.2) is 0 Å². The van der Waals surface area contributed by atoms with Gasteiger partial charge in [-0.1, -0.05) is 57.5 Å². The third kappa shape index (κ3) is 3.68. The molecule has 1 heterocycles. The number of hydrogen-bond acceptors (Lipinski definition) is 1. The van der Waals surface area contributed by atoms with Crippen LogP contribution in [-0.4, -0.2) is 18.6 Å². The summed E-state index contributed by atoms with van der Waals surface area (Å²) >= 11 is 2.06. The fraction of sp³-hybridized carbons (Fsp3) is 0.750. The molecule has 1 aliphatic heterocycles. The number of allylic oxidation sites excluding steroid dienone is 1. The molecule has 0 fully saturated rings. The van der Waals surface area contributed by atoms with Crippen molar-refractivity contribution in [1.82, 2.24) is 0 Å². The van der Waals surface area contributed by atoms with Gasteiger partial charge in [-0.2, -0.15) is 0 Å².